The number of fused-ring (bicyclic) bond motifs is 1. The molecule has 0 bridgehead atoms. The SMILES string of the molecule is Cc1nnc2sc(C(=O)NC3CN([S+]([O-])CC(F)(F)F)C3)c(N)c2c1C. The topological polar surface area (TPSA) is 107 Å². The first-order chi connectivity index (χ1) is 12.1. The van der Waals surface area contributed by atoms with Crippen molar-refractivity contribution in [1.29, 1.82) is 0 Å². The molecule has 3 rings (SSSR count). The van der Waals surface area contributed by atoms with Gasteiger partial charge in [-0.05, 0) is 19.4 Å². The van der Waals surface area contributed by atoms with Crippen molar-refractivity contribution in [2.75, 3.05) is 24.6 Å². The zero-order chi connectivity index (χ0) is 19.2. The number of hydrogen-bond donors (Lipinski definition) is 2. The first kappa shape index (κ1) is 19.1. The molecular weight excluding hydrogens is 391 g/mol. The number of nitrogens with zero attached hydrogens (tertiary/aromatic N) is 3. The van der Waals surface area contributed by atoms with Crippen LogP contribution in [0.3, 0.4) is 0 Å². The van der Waals surface area contributed by atoms with Crippen LogP contribution < -0.4 is 11.1 Å². The Labute approximate surface area is 154 Å². The molecule has 1 atom stereocenters. The van der Waals surface area contributed by atoms with E-state index < -0.39 is 29.2 Å². The Bertz CT molecular complexity index is 851. The molecule has 0 radical (unpaired) electrons. The summed E-state index contributed by atoms with van der Waals surface area (Å²) in [6, 6.07) is -0.377. The number of anilines is 1. The van der Waals surface area contributed by atoms with E-state index in [0.717, 1.165) is 22.6 Å². The third-order valence-corrected chi connectivity index (χ3v) is 6.64. The average molecular weight is 407 g/mol. The van der Waals surface area contributed by atoms with Crippen LogP contribution in [0.1, 0.15) is 20.9 Å². The van der Waals surface area contributed by atoms with Gasteiger partial charge >= 0.3 is 6.18 Å². The molecule has 3 heterocycles. The molecule has 2 aromatic heterocycles. The summed E-state index contributed by atoms with van der Waals surface area (Å²) in [4.78, 5) is 13.3. The standard InChI is InChI=1S/C14H16F3N5O2S2/c1-6-7(2)20-21-13-9(6)10(18)11(25-13)12(23)19-8-3-22(4-8)26(24)5-14(15,16)17/h8H,3-5,18H2,1-2H3,(H,19,23). The maximum Gasteiger partial charge on any atom is 0.435 e. The molecule has 1 aliphatic rings. The highest BCUT2D eigenvalue weighted by Gasteiger charge is 2.43. The molecule has 2 aromatic rings. The average Bonchev–Trinajstić information content (AvgIpc) is 2.82. The lowest BCUT2D eigenvalue weighted by Crippen LogP contribution is -2.61. The minimum absolute atomic E-state index is 0.0944. The summed E-state index contributed by atoms with van der Waals surface area (Å²) in [5.74, 6) is -1.80. The van der Waals surface area contributed by atoms with E-state index >= 15 is 0 Å². The molecule has 0 spiro atoms. The Morgan fingerprint density at radius 3 is 2.69 bits per heavy atom. The normalized spacial score (nSPS) is 17.3. The fourth-order valence-electron chi connectivity index (χ4n) is 2.59. The van der Waals surface area contributed by atoms with Crippen LogP contribution >= 0.6 is 11.3 Å². The number of carbonyl (C=O) groups is 1. The van der Waals surface area contributed by atoms with E-state index in [9.17, 15) is 22.5 Å². The minimum atomic E-state index is -4.48. The molecule has 26 heavy (non-hydrogen) atoms. The number of rotatable bonds is 4. The molecular formula is C14H16F3N5O2S2. The number of nitrogens with one attached hydrogen (secondary N) is 1. The van der Waals surface area contributed by atoms with Gasteiger partial charge in [-0.3, -0.25) is 4.79 Å². The number of carbonyl (C=O) groups excluding carboxylic acids is 1. The summed E-state index contributed by atoms with van der Waals surface area (Å²) in [6.07, 6.45) is -4.48. The molecule has 1 unspecified atom stereocenters. The van der Waals surface area contributed by atoms with Gasteiger partial charge in [0.1, 0.15) is 9.71 Å². The van der Waals surface area contributed by atoms with Gasteiger partial charge in [-0.25, -0.2) is 0 Å². The highest BCUT2D eigenvalue weighted by molar-refractivity contribution is 7.89. The minimum Gasteiger partial charge on any atom is -0.598 e. The largest absolute Gasteiger partial charge is 0.598 e. The van der Waals surface area contributed by atoms with Crippen LogP contribution in [0.25, 0.3) is 10.2 Å². The van der Waals surface area contributed by atoms with Gasteiger partial charge in [0.15, 0.2) is 0 Å². The van der Waals surface area contributed by atoms with Gasteiger partial charge in [0.05, 0.1) is 41.9 Å². The van der Waals surface area contributed by atoms with Crippen molar-refractivity contribution in [3.8, 4) is 0 Å². The summed E-state index contributed by atoms with van der Waals surface area (Å²) in [6.45, 7) is 3.83. The predicted octanol–water partition coefficient (Wildman–Crippen LogP) is 1.53. The molecule has 1 aliphatic heterocycles. The summed E-state index contributed by atoms with van der Waals surface area (Å²) < 4.78 is 49.5. The van der Waals surface area contributed by atoms with Crippen molar-refractivity contribution in [2.24, 2.45) is 0 Å². The van der Waals surface area contributed by atoms with Crippen LogP contribution in [0, 0.1) is 13.8 Å². The number of halogens is 3. The van der Waals surface area contributed by atoms with Gasteiger partial charge < -0.3 is 15.6 Å². The lowest BCUT2D eigenvalue weighted by Gasteiger charge is -2.38. The van der Waals surface area contributed by atoms with Gasteiger partial charge in [-0.2, -0.15) is 18.3 Å². The lowest BCUT2D eigenvalue weighted by molar-refractivity contribution is -0.107. The summed E-state index contributed by atoms with van der Waals surface area (Å²) in [5.41, 5.74) is 7.97. The third kappa shape index (κ3) is 3.72. The third-order valence-electron chi connectivity index (χ3n) is 4.10. The van der Waals surface area contributed by atoms with Crippen molar-refractivity contribution in [3.05, 3.63) is 16.1 Å². The predicted molar refractivity (Wildman–Crippen MR) is 93.2 cm³/mol. The van der Waals surface area contributed by atoms with Gasteiger partial charge in [0, 0.05) is 5.39 Å². The molecule has 3 N–H and O–H groups in total. The molecule has 1 amide bonds. The second kappa shape index (κ2) is 6.83. The molecule has 1 saturated heterocycles. The van der Waals surface area contributed by atoms with E-state index in [1.54, 1.807) is 6.92 Å². The number of aromatic nitrogens is 2. The smallest absolute Gasteiger partial charge is 0.435 e. The van der Waals surface area contributed by atoms with Crippen LogP contribution in [-0.4, -0.2) is 56.0 Å². The van der Waals surface area contributed by atoms with E-state index in [2.05, 4.69) is 15.5 Å². The zero-order valence-electron chi connectivity index (χ0n) is 13.9. The molecule has 142 valence electrons. The second-order valence-electron chi connectivity index (χ2n) is 6.03. The van der Waals surface area contributed by atoms with Crippen LogP contribution in [0.4, 0.5) is 18.9 Å². The summed E-state index contributed by atoms with van der Waals surface area (Å²) in [7, 11) is 0. The number of alkyl halides is 3. The molecule has 0 aromatic carbocycles. The number of amides is 1. The van der Waals surface area contributed by atoms with Crippen molar-refractivity contribution >= 4 is 44.5 Å². The Kier molecular flexibility index (Phi) is 5.03. The Balaban J connectivity index is 1.65. The highest BCUT2D eigenvalue weighted by Crippen LogP contribution is 2.35. The summed E-state index contributed by atoms with van der Waals surface area (Å²) in [5, 5.41) is 11.4. The van der Waals surface area contributed by atoms with Crippen molar-refractivity contribution in [1.82, 2.24) is 19.8 Å². The van der Waals surface area contributed by atoms with Crippen molar-refractivity contribution in [2.45, 2.75) is 26.1 Å². The number of hydrogen-bond acceptors (Lipinski definition) is 7. The van der Waals surface area contributed by atoms with E-state index in [1.807, 2.05) is 6.92 Å². The van der Waals surface area contributed by atoms with Crippen LogP contribution in [0.15, 0.2) is 0 Å². The first-order valence-electron chi connectivity index (χ1n) is 7.59. The molecule has 1 fully saturated rings. The lowest BCUT2D eigenvalue weighted by atomic mass is 10.1. The van der Waals surface area contributed by atoms with Crippen LogP contribution in [0.5, 0.6) is 0 Å². The summed E-state index contributed by atoms with van der Waals surface area (Å²) >= 11 is -1.02. The molecule has 7 nitrogen and oxygen atoms in total. The van der Waals surface area contributed by atoms with Crippen molar-refractivity contribution < 1.29 is 22.5 Å². The van der Waals surface area contributed by atoms with Crippen molar-refractivity contribution in [3.63, 3.8) is 0 Å². The van der Waals surface area contributed by atoms with E-state index in [4.69, 9.17) is 5.73 Å². The molecule has 0 saturated carbocycles. The fraction of sp³-hybridized carbons (Fsp3) is 0.500. The Hall–Kier alpha value is -1.63. The highest BCUT2D eigenvalue weighted by atomic mass is 32.2. The number of aryl methyl sites for hydroxylation is 2. The van der Waals surface area contributed by atoms with Crippen LogP contribution in [0.2, 0.25) is 0 Å². The number of thiophene rings is 1. The van der Waals surface area contributed by atoms with Gasteiger partial charge in [0.25, 0.3) is 5.91 Å². The Morgan fingerprint density at radius 1 is 1.42 bits per heavy atom. The maximum atomic E-state index is 12.4. The number of nitrogen functional groups attached to an aromatic ring is 1. The second-order valence-corrected chi connectivity index (χ2v) is 8.48. The van der Waals surface area contributed by atoms with Gasteiger partial charge in [-0.1, -0.05) is 0 Å². The quantitative estimate of drug-likeness (QED) is 0.745. The van der Waals surface area contributed by atoms with Gasteiger partial charge in [0.2, 0.25) is 5.75 Å². The fourth-order valence-corrected chi connectivity index (χ4v) is 4.75. The van der Waals surface area contributed by atoms with E-state index in [0.29, 0.717) is 15.9 Å². The molecule has 0 aliphatic carbocycles. The molecule has 12 heteroatoms. The monoisotopic (exact) mass is 407 g/mol. The zero-order valence-corrected chi connectivity index (χ0v) is 15.5. The Morgan fingerprint density at radius 2 is 2.08 bits per heavy atom. The van der Waals surface area contributed by atoms with Gasteiger partial charge in [-0.15, -0.1) is 20.7 Å². The van der Waals surface area contributed by atoms with E-state index in [-0.39, 0.29) is 24.0 Å². The first-order valence-corrected chi connectivity index (χ1v) is 9.69. The van der Waals surface area contributed by atoms with Crippen LogP contribution in [-0.2, 0) is 11.4 Å². The van der Waals surface area contributed by atoms with E-state index in [1.165, 1.54) is 4.31 Å². The number of nitrogens with two attached hydrogens (primary N) is 1. The maximum absolute atomic E-state index is 12.4.